The Morgan fingerprint density at radius 2 is 1.80 bits per heavy atom. The Labute approximate surface area is 183 Å². The zero-order chi connectivity index (χ0) is 22.6. The largest absolute Gasteiger partial charge is 0.462 e. The van der Waals surface area contributed by atoms with Crippen molar-refractivity contribution < 1.29 is 24.2 Å². The normalized spacial score (nSPS) is 21.9. The third kappa shape index (κ3) is 7.49. The van der Waals surface area contributed by atoms with Crippen molar-refractivity contribution in [1.29, 1.82) is 0 Å². The topological polar surface area (TPSA) is 72.8 Å². The molecule has 1 saturated carbocycles. The van der Waals surface area contributed by atoms with E-state index in [2.05, 4.69) is 6.92 Å². The van der Waals surface area contributed by atoms with Crippen molar-refractivity contribution in [2.45, 2.75) is 104 Å². The van der Waals surface area contributed by atoms with Crippen molar-refractivity contribution in [1.82, 2.24) is 0 Å². The van der Waals surface area contributed by atoms with E-state index in [0.717, 1.165) is 25.7 Å². The number of aliphatic hydroxyl groups is 1. The molecule has 0 amide bonds. The third-order valence-corrected chi connectivity index (χ3v) is 6.57. The molecule has 0 aromatic heterocycles. The average Bonchev–Trinajstić information content (AvgIpc) is 3.06. The Kier molecular flexibility index (Phi) is 11.9. The zero-order valence-corrected chi connectivity index (χ0v) is 19.9. The van der Waals surface area contributed by atoms with Crippen LogP contribution in [0.2, 0.25) is 0 Å². The second kappa shape index (κ2) is 13.3. The lowest BCUT2D eigenvalue weighted by Crippen LogP contribution is -2.53. The molecule has 1 aliphatic carbocycles. The minimum absolute atomic E-state index is 0.153. The Bertz CT molecular complexity index is 554. The van der Waals surface area contributed by atoms with Crippen LogP contribution in [-0.4, -0.2) is 36.4 Å². The quantitative estimate of drug-likeness (QED) is 0.160. The zero-order valence-electron chi connectivity index (χ0n) is 19.9. The van der Waals surface area contributed by atoms with Gasteiger partial charge in [-0.05, 0) is 38.5 Å². The lowest BCUT2D eigenvalue weighted by atomic mass is 9.81. The predicted molar refractivity (Wildman–Crippen MR) is 120 cm³/mol. The fourth-order valence-electron chi connectivity index (χ4n) is 4.51. The van der Waals surface area contributed by atoms with Gasteiger partial charge in [0.1, 0.15) is 5.78 Å². The maximum absolute atomic E-state index is 12.4. The number of rotatable bonds is 15. The fourth-order valence-corrected chi connectivity index (χ4v) is 4.51. The Hall–Kier alpha value is -1.20. The van der Waals surface area contributed by atoms with Crippen LogP contribution in [0.3, 0.4) is 0 Å². The van der Waals surface area contributed by atoms with E-state index in [1.165, 1.54) is 45.6 Å². The van der Waals surface area contributed by atoms with Crippen LogP contribution in [0.4, 0.5) is 0 Å². The van der Waals surface area contributed by atoms with Gasteiger partial charge in [0.25, 0.3) is 5.79 Å². The van der Waals surface area contributed by atoms with Crippen LogP contribution in [0.15, 0.2) is 12.2 Å². The number of Topliss-reactive ketones (excluding diaryl/α,β-unsaturated/α-hetero) is 1. The summed E-state index contributed by atoms with van der Waals surface area (Å²) in [5.74, 6) is -1.76. The molecule has 1 aliphatic rings. The molecule has 0 radical (unpaired) electrons. The fraction of sp³-hybridized carbons (Fsp3) is 0.840. The Balaban J connectivity index is 2.55. The van der Waals surface area contributed by atoms with Gasteiger partial charge < -0.3 is 14.6 Å². The maximum Gasteiger partial charge on any atom is 0.367 e. The van der Waals surface area contributed by atoms with Crippen molar-refractivity contribution in [2.75, 3.05) is 13.7 Å². The molecule has 0 aliphatic heterocycles. The number of esters is 1. The highest BCUT2D eigenvalue weighted by molar-refractivity contribution is 5.83. The van der Waals surface area contributed by atoms with Gasteiger partial charge in [0.05, 0.1) is 6.61 Å². The first kappa shape index (κ1) is 26.8. The molecule has 0 aromatic rings. The van der Waals surface area contributed by atoms with Gasteiger partial charge >= 0.3 is 5.97 Å². The van der Waals surface area contributed by atoms with Gasteiger partial charge in [0.2, 0.25) is 0 Å². The number of carbonyl (C=O) groups is 2. The maximum atomic E-state index is 12.4. The molecule has 1 unspecified atom stereocenters. The van der Waals surface area contributed by atoms with Crippen LogP contribution >= 0.6 is 0 Å². The van der Waals surface area contributed by atoms with Gasteiger partial charge in [-0.1, -0.05) is 71.4 Å². The first-order valence-corrected chi connectivity index (χ1v) is 11.9. The number of hydrogen-bond donors (Lipinski definition) is 1. The number of hydrogen-bond acceptors (Lipinski definition) is 5. The van der Waals surface area contributed by atoms with E-state index in [1.807, 2.05) is 6.08 Å². The molecular weight excluding hydrogens is 380 g/mol. The number of carbonyl (C=O) groups excluding carboxylic acids is 2. The smallest absolute Gasteiger partial charge is 0.367 e. The van der Waals surface area contributed by atoms with E-state index < -0.39 is 17.2 Å². The summed E-state index contributed by atoms with van der Waals surface area (Å²) in [5, 5.41) is 10.7. The second-order valence-corrected chi connectivity index (χ2v) is 9.20. The van der Waals surface area contributed by atoms with Crippen molar-refractivity contribution in [3.05, 3.63) is 12.2 Å². The SMILES string of the molecule is CCCCCCCC[C@H]1CCC(=O)[C@@H]1CCC=CC(C)(C)C(O)(OC)C(=O)OCC. The van der Waals surface area contributed by atoms with Gasteiger partial charge in [-0.25, -0.2) is 4.79 Å². The molecule has 5 nitrogen and oxygen atoms in total. The molecule has 0 aromatic carbocycles. The highest BCUT2D eigenvalue weighted by Gasteiger charge is 2.50. The van der Waals surface area contributed by atoms with E-state index >= 15 is 0 Å². The first-order valence-electron chi connectivity index (χ1n) is 11.9. The number of ether oxygens (including phenoxy) is 2. The summed E-state index contributed by atoms with van der Waals surface area (Å²) in [4.78, 5) is 24.5. The van der Waals surface area contributed by atoms with Gasteiger partial charge in [-0.3, -0.25) is 4.79 Å². The lowest BCUT2D eigenvalue weighted by Gasteiger charge is -2.36. The van der Waals surface area contributed by atoms with Gasteiger partial charge in [-0.15, -0.1) is 0 Å². The van der Waals surface area contributed by atoms with E-state index in [0.29, 0.717) is 18.1 Å². The van der Waals surface area contributed by atoms with Crippen LogP contribution in [0.1, 0.15) is 98.3 Å². The third-order valence-electron chi connectivity index (χ3n) is 6.57. The second-order valence-electron chi connectivity index (χ2n) is 9.20. The van der Waals surface area contributed by atoms with E-state index in [9.17, 15) is 14.7 Å². The lowest BCUT2D eigenvalue weighted by molar-refractivity contribution is -0.249. The van der Waals surface area contributed by atoms with E-state index in [-0.39, 0.29) is 12.5 Å². The molecule has 3 atom stereocenters. The van der Waals surface area contributed by atoms with Crippen molar-refractivity contribution in [3.63, 3.8) is 0 Å². The Morgan fingerprint density at radius 3 is 2.43 bits per heavy atom. The summed E-state index contributed by atoms with van der Waals surface area (Å²) in [6, 6.07) is 0. The minimum atomic E-state index is -2.04. The summed E-state index contributed by atoms with van der Waals surface area (Å²) in [7, 11) is 1.30. The molecule has 0 saturated heterocycles. The molecule has 30 heavy (non-hydrogen) atoms. The minimum Gasteiger partial charge on any atom is -0.462 e. The monoisotopic (exact) mass is 424 g/mol. The number of allylic oxidation sites excluding steroid dienone is 1. The van der Waals surface area contributed by atoms with Gasteiger partial charge in [0.15, 0.2) is 0 Å². The van der Waals surface area contributed by atoms with E-state index in [1.54, 1.807) is 26.8 Å². The summed E-state index contributed by atoms with van der Waals surface area (Å²) < 4.78 is 10.1. The average molecular weight is 425 g/mol. The number of ketones is 1. The molecule has 1 rings (SSSR count). The molecule has 1 fully saturated rings. The van der Waals surface area contributed by atoms with Crippen LogP contribution < -0.4 is 0 Å². The standard InChI is InChI=1S/C25H44O5/c1-6-8-9-10-11-12-15-20-17-18-22(26)21(20)16-13-14-19-24(3,4)25(28,29-5)23(27)30-7-2/h14,19-21,28H,6-13,15-18H2,1-5H3/t20-,21+,25?/m0/s1. The van der Waals surface area contributed by atoms with E-state index in [4.69, 9.17) is 9.47 Å². The molecular formula is C25H44O5. The highest BCUT2D eigenvalue weighted by Crippen LogP contribution is 2.37. The number of unbranched alkanes of at least 4 members (excludes halogenated alkanes) is 5. The molecule has 0 spiro atoms. The van der Waals surface area contributed by atoms with Crippen LogP contribution in [-0.2, 0) is 19.1 Å². The summed E-state index contributed by atoms with van der Waals surface area (Å²) in [6.07, 6.45) is 15.9. The summed E-state index contributed by atoms with van der Waals surface area (Å²) in [5.41, 5.74) is -0.953. The predicted octanol–water partition coefficient (Wildman–Crippen LogP) is 5.59. The Morgan fingerprint density at radius 1 is 1.13 bits per heavy atom. The van der Waals surface area contributed by atoms with Crippen molar-refractivity contribution >= 4 is 11.8 Å². The van der Waals surface area contributed by atoms with Gasteiger partial charge in [-0.2, -0.15) is 0 Å². The number of methoxy groups -OCH3 is 1. The molecule has 174 valence electrons. The molecule has 5 heteroatoms. The van der Waals surface area contributed by atoms with Crippen LogP contribution in [0.5, 0.6) is 0 Å². The van der Waals surface area contributed by atoms with Gasteiger partial charge in [0, 0.05) is 24.9 Å². The molecule has 0 bridgehead atoms. The first-order chi connectivity index (χ1) is 14.2. The van der Waals surface area contributed by atoms with Crippen LogP contribution in [0.25, 0.3) is 0 Å². The molecule has 0 heterocycles. The summed E-state index contributed by atoms with van der Waals surface area (Å²) >= 11 is 0. The molecule has 1 N–H and O–H groups in total. The van der Waals surface area contributed by atoms with Crippen molar-refractivity contribution in [3.8, 4) is 0 Å². The van der Waals surface area contributed by atoms with Crippen molar-refractivity contribution in [2.24, 2.45) is 17.3 Å². The van der Waals surface area contributed by atoms with Crippen LogP contribution in [0, 0.1) is 17.3 Å². The summed E-state index contributed by atoms with van der Waals surface area (Å²) in [6.45, 7) is 7.58. The highest BCUT2D eigenvalue weighted by atomic mass is 16.7.